The number of aromatic nitrogens is 1. The number of pyridine rings is 1. The van der Waals surface area contributed by atoms with E-state index < -0.39 is 24.0 Å². The number of aliphatic hydroxyl groups excluding tert-OH is 1. The van der Waals surface area contributed by atoms with Crippen LogP contribution in [0.4, 0.5) is 0 Å². The molecule has 35 heavy (non-hydrogen) atoms. The Balaban J connectivity index is 1.66. The first-order valence-electron chi connectivity index (χ1n) is 12.3. The summed E-state index contributed by atoms with van der Waals surface area (Å²) in [5.41, 5.74) is 7.41. The number of rotatable bonds is 10. The van der Waals surface area contributed by atoms with Crippen molar-refractivity contribution in [2.24, 2.45) is 11.7 Å². The predicted molar refractivity (Wildman–Crippen MR) is 136 cm³/mol. The maximum atomic E-state index is 13.2. The summed E-state index contributed by atoms with van der Waals surface area (Å²) in [4.78, 5) is 33.8. The molecule has 1 aliphatic rings. The lowest BCUT2D eigenvalue weighted by atomic mass is 9.92. The van der Waals surface area contributed by atoms with Gasteiger partial charge in [-0.2, -0.15) is 0 Å². The minimum Gasteiger partial charge on any atom is -0.392 e. The molecule has 1 saturated heterocycles. The minimum absolute atomic E-state index is 0.0590. The molecular weight excluding hydrogens is 442 g/mol. The lowest BCUT2D eigenvalue weighted by Gasteiger charge is -2.42. The number of hydrogen-bond donors (Lipinski definition) is 3. The maximum Gasteiger partial charge on any atom is 0.239 e. The van der Waals surface area contributed by atoms with Gasteiger partial charge in [0.05, 0.1) is 6.10 Å². The quantitative estimate of drug-likeness (QED) is 0.475. The smallest absolute Gasteiger partial charge is 0.239 e. The Morgan fingerprint density at radius 3 is 2.49 bits per heavy atom. The molecule has 0 bridgehead atoms. The molecule has 190 valence electrons. The van der Waals surface area contributed by atoms with Gasteiger partial charge in [-0.05, 0) is 50.8 Å². The minimum atomic E-state index is -0.772. The van der Waals surface area contributed by atoms with Crippen LogP contribution in [0, 0.1) is 5.92 Å². The van der Waals surface area contributed by atoms with E-state index in [0.717, 1.165) is 17.7 Å². The van der Waals surface area contributed by atoms with Gasteiger partial charge >= 0.3 is 0 Å². The summed E-state index contributed by atoms with van der Waals surface area (Å²) in [6.07, 6.45) is 3.57. The normalized spacial score (nSPS) is 19.1. The van der Waals surface area contributed by atoms with E-state index in [1.807, 2.05) is 74.3 Å². The van der Waals surface area contributed by atoms with Crippen LogP contribution in [-0.2, 0) is 22.6 Å². The lowest BCUT2D eigenvalue weighted by molar-refractivity contribution is -0.132. The number of primary amides is 1. The van der Waals surface area contributed by atoms with Crippen molar-refractivity contribution in [3.8, 4) is 0 Å². The molecule has 3 rings (SSSR count). The van der Waals surface area contributed by atoms with Crippen LogP contribution in [0.5, 0.6) is 0 Å². The summed E-state index contributed by atoms with van der Waals surface area (Å²) in [7, 11) is 0. The Kier molecular flexibility index (Phi) is 9.37. The summed E-state index contributed by atoms with van der Waals surface area (Å²) < 4.78 is 0. The van der Waals surface area contributed by atoms with Gasteiger partial charge in [-0.3, -0.25) is 24.4 Å². The van der Waals surface area contributed by atoms with Gasteiger partial charge in [0.1, 0.15) is 6.04 Å². The summed E-state index contributed by atoms with van der Waals surface area (Å²) in [6, 6.07) is 13.2. The molecule has 2 amide bonds. The van der Waals surface area contributed by atoms with Crippen LogP contribution in [0.3, 0.4) is 0 Å². The number of nitrogens with zero attached hydrogens (tertiary/aromatic N) is 3. The van der Waals surface area contributed by atoms with Gasteiger partial charge < -0.3 is 16.2 Å². The van der Waals surface area contributed by atoms with Gasteiger partial charge in [0.15, 0.2) is 0 Å². The van der Waals surface area contributed by atoms with Gasteiger partial charge in [0, 0.05) is 56.6 Å². The van der Waals surface area contributed by atoms with E-state index in [4.69, 9.17) is 5.73 Å². The Bertz CT molecular complexity index is 948. The number of benzene rings is 1. The van der Waals surface area contributed by atoms with Crippen LogP contribution < -0.4 is 11.1 Å². The highest BCUT2D eigenvalue weighted by molar-refractivity contribution is 5.82. The molecule has 1 aromatic carbocycles. The lowest BCUT2D eigenvalue weighted by Crippen LogP contribution is -2.61. The van der Waals surface area contributed by atoms with E-state index in [1.54, 1.807) is 6.20 Å². The molecule has 0 saturated carbocycles. The Hall–Kier alpha value is -2.81. The highest BCUT2D eigenvalue weighted by Crippen LogP contribution is 2.19. The zero-order valence-corrected chi connectivity index (χ0v) is 21.1. The number of hydrogen-bond acceptors (Lipinski definition) is 6. The summed E-state index contributed by atoms with van der Waals surface area (Å²) in [6.45, 7) is 8.85. The number of carbonyl (C=O) groups excluding carboxylic acids is 2. The van der Waals surface area contributed by atoms with E-state index in [-0.39, 0.29) is 17.9 Å². The fraction of sp³-hybridized carbons (Fsp3) is 0.519. The molecular formula is C27H39N5O3. The Morgan fingerprint density at radius 1 is 1.14 bits per heavy atom. The molecule has 0 aliphatic carbocycles. The molecule has 8 heteroatoms. The number of nitrogens with two attached hydrogens (primary N) is 1. The van der Waals surface area contributed by atoms with Crippen molar-refractivity contribution in [1.29, 1.82) is 0 Å². The third-order valence-electron chi connectivity index (χ3n) is 6.23. The van der Waals surface area contributed by atoms with Crippen LogP contribution >= 0.6 is 0 Å². The molecule has 0 radical (unpaired) electrons. The average Bonchev–Trinajstić information content (AvgIpc) is 2.80. The van der Waals surface area contributed by atoms with Crippen LogP contribution in [0.2, 0.25) is 0 Å². The third-order valence-corrected chi connectivity index (χ3v) is 6.23. The van der Waals surface area contributed by atoms with Crippen LogP contribution in [0.1, 0.15) is 38.3 Å². The van der Waals surface area contributed by atoms with Crippen molar-refractivity contribution in [1.82, 2.24) is 20.1 Å². The molecule has 1 fully saturated rings. The first-order valence-corrected chi connectivity index (χ1v) is 12.3. The van der Waals surface area contributed by atoms with Gasteiger partial charge in [-0.1, -0.05) is 36.4 Å². The fourth-order valence-corrected chi connectivity index (χ4v) is 4.56. The van der Waals surface area contributed by atoms with Crippen molar-refractivity contribution >= 4 is 11.8 Å². The second-order valence-electron chi connectivity index (χ2n) is 10.5. The topological polar surface area (TPSA) is 112 Å². The molecule has 0 spiro atoms. The molecule has 2 aromatic rings. The molecule has 8 nitrogen and oxygen atoms in total. The molecule has 1 aliphatic heterocycles. The van der Waals surface area contributed by atoms with Gasteiger partial charge in [0.25, 0.3) is 0 Å². The van der Waals surface area contributed by atoms with Crippen LogP contribution in [0.15, 0.2) is 54.9 Å². The monoisotopic (exact) mass is 481 g/mol. The zero-order chi connectivity index (χ0) is 25.4. The first kappa shape index (κ1) is 26.8. The fourth-order valence-electron chi connectivity index (χ4n) is 4.56. The van der Waals surface area contributed by atoms with Crippen molar-refractivity contribution in [3.63, 3.8) is 0 Å². The van der Waals surface area contributed by atoms with Crippen molar-refractivity contribution in [2.75, 3.05) is 26.2 Å². The highest BCUT2D eigenvalue weighted by atomic mass is 16.3. The van der Waals surface area contributed by atoms with Crippen LogP contribution in [-0.4, -0.2) is 75.6 Å². The molecule has 1 aromatic heterocycles. The van der Waals surface area contributed by atoms with E-state index in [1.165, 1.54) is 0 Å². The van der Waals surface area contributed by atoms with Crippen molar-refractivity contribution in [2.45, 2.75) is 57.8 Å². The summed E-state index contributed by atoms with van der Waals surface area (Å²) in [5.74, 6) is -0.950. The van der Waals surface area contributed by atoms with Crippen LogP contribution in [0.25, 0.3) is 0 Å². The van der Waals surface area contributed by atoms with E-state index in [2.05, 4.69) is 15.2 Å². The third kappa shape index (κ3) is 8.72. The number of amides is 2. The standard InChI is InChI=1S/C27H39N5O3/c1-27(2,3)30-26(35)24-19-31(17-21-10-7-11-29-16-21)12-13-32(24)18-23(33)15-22(25(28)34)14-20-8-5-4-6-9-20/h4-11,16,22-24,33H,12-15,17-19H2,1-3H3,(H2,28,34)(H,30,35)/t22-,23+,24+/m1/s1. The maximum absolute atomic E-state index is 13.2. The summed E-state index contributed by atoms with van der Waals surface area (Å²) in [5, 5.41) is 14.0. The van der Waals surface area contributed by atoms with E-state index in [9.17, 15) is 14.7 Å². The average molecular weight is 482 g/mol. The zero-order valence-electron chi connectivity index (χ0n) is 21.1. The van der Waals surface area contributed by atoms with Gasteiger partial charge in [0.2, 0.25) is 11.8 Å². The SMILES string of the molecule is CC(C)(C)NC(=O)[C@@H]1CN(Cc2cccnc2)CCN1C[C@@H](O)C[C@@H](Cc1ccccc1)C(N)=O. The number of carbonyl (C=O) groups is 2. The molecule has 2 heterocycles. The predicted octanol–water partition coefficient (Wildman–Crippen LogP) is 1.58. The Morgan fingerprint density at radius 2 is 1.86 bits per heavy atom. The van der Waals surface area contributed by atoms with Gasteiger partial charge in [-0.15, -0.1) is 0 Å². The molecule has 3 atom stereocenters. The second kappa shape index (κ2) is 12.2. The van der Waals surface area contributed by atoms with E-state index >= 15 is 0 Å². The van der Waals surface area contributed by atoms with E-state index in [0.29, 0.717) is 32.6 Å². The first-order chi connectivity index (χ1) is 16.6. The number of aliphatic hydroxyl groups is 1. The van der Waals surface area contributed by atoms with Crippen molar-refractivity contribution < 1.29 is 14.7 Å². The largest absolute Gasteiger partial charge is 0.392 e. The Labute approximate surface area is 208 Å². The number of nitrogens with one attached hydrogen (secondary N) is 1. The number of β-amino-alcohol motifs (C(OH)–C–C–N with tert-alkyl or cyclic N) is 1. The molecule has 4 N–H and O–H groups in total. The van der Waals surface area contributed by atoms with Gasteiger partial charge in [-0.25, -0.2) is 0 Å². The second-order valence-corrected chi connectivity index (χ2v) is 10.5. The number of piperazine rings is 1. The molecule has 0 unspecified atom stereocenters. The van der Waals surface area contributed by atoms with Crippen molar-refractivity contribution in [3.05, 3.63) is 66.0 Å². The summed E-state index contributed by atoms with van der Waals surface area (Å²) >= 11 is 0. The highest BCUT2D eigenvalue weighted by Gasteiger charge is 2.35.